The molecule has 1 aliphatic rings. The van der Waals surface area contributed by atoms with Crippen molar-refractivity contribution < 1.29 is 14.0 Å². The van der Waals surface area contributed by atoms with E-state index in [4.69, 9.17) is 0 Å². The minimum atomic E-state index is -0.460. The molecule has 2 aromatic rings. The van der Waals surface area contributed by atoms with Gasteiger partial charge in [-0.15, -0.1) is 11.8 Å². The summed E-state index contributed by atoms with van der Waals surface area (Å²) in [6.07, 6.45) is 1.90. The Morgan fingerprint density at radius 2 is 1.88 bits per heavy atom. The summed E-state index contributed by atoms with van der Waals surface area (Å²) >= 11 is 1.36. The Morgan fingerprint density at radius 1 is 1.12 bits per heavy atom. The quantitative estimate of drug-likeness (QED) is 0.757. The first-order valence-corrected chi connectivity index (χ1v) is 9.04. The van der Waals surface area contributed by atoms with E-state index in [1.54, 1.807) is 19.1 Å². The van der Waals surface area contributed by atoms with Crippen molar-refractivity contribution in [3.63, 3.8) is 0 Å². The molecule has 1 atom stereocenters. The number of halogens is 1. The summed E-state index contributed by atoms with van der Waals surface area (Å²) in [6, 6.07) is 13.5. The molecule has 130 valence electrons. The number of amides is 2. The van der Waals surface area contributed by atoms with Crippen LogP contribution in [0.2, 0.25) is 0 Å². The Labute approximate surface area is 150 Å². The van der Waals surface area contributed by atoms with Crippen molar-refractivity contribution in [2.45, 2.75) is 29.9 Å². The van der Waals surface area contributed by atoms with Gasteiger partial charge in [-0.25, -0.2) is 4.39 Å². The van der Waals surface area contributed by atoms with Crippen LogP contribution in [0.4, 0.5) is 15.8 Å². The number of anilines is 2. The van der Waals surface area contributed by atoms with Crippen molar-refractivity contribution in [2.24, 2.45) is 5.92 Å². The van der Waals surface area contributed by atoms with E-state index in [2.05, 4.69) is 10.6 Å². The second kappa shape index (κ2) is 7.70. The molecule has 0 radical (unpaired) electrons. The maximum atomic E-state index is 13.6. The second-order valence-corrected chi connectivity index (χ2v) is 7.43. The van der Waals surface area contributed by atoms with Crippen molar-refractivity contribution in [3.8, 4) is 0 Å². The van der Waals surface area contributed by atoms with E-state index >= 15 is 0 Å². The summed E-state index contributed by atoms with van der Waals surface area (Å²) in [6.45, 7) is 1.76. The Hall–Kier alpha value is -2.34. The Kier molecular flexibility index (Phi) is 5.38. The fourth-order valence-corrected chi connectivity index (χ4v) is 3.22. The normalized spacial score (nSPS) is 14.6. The van der Waals surface area contributed by atoms with Gasteiger partial charge < -0.3 is 10.6 Å². The van der Waals surface area contributed by atoms with Crippen LogP contribution in [-0.4, -0.2) is 17.1 Å². The number of rotatable bonds is 6. The molecule has 0 bridgehead atoms. The van der Waals surface area contributed by atoms with E-state index in [1.165, 1.54) is 23.9 Å². The van der Waals surface area contributed by atoms with E-state index in [9.17, 15) is 14.0 Å². The average molecular weight is 358 g/mol. The Balaban J connectivity index is 1.60. The lowest BCUT2D eigenvalue weighted by Crippen LogP contribution is -2.22. The van der Waals surface area contributed by atoms with Crippen molar-refractivity contribution in [3.05, 3.63) is 54.3 Å². The smallest absolute Gasteiger partial charge is 0.237 e. The molecule has 0 aliphatic heterocycles. The molecule has 1 saturated carbocycles. The van der Waals surface area contributed by atoms with Crippen LogP contribution in [0.25, 0.3) is 0 Å². The molecule has 1 fully saturated rings. The van der Waals surface area contributed by atoms with Gasteiger partial charge in [0.1, 0.15) is 5.82 Å². The summed E-state index contributed by atoms with van der Waals surface area (Å²) in [5, 5.41) is 5.08. The minimum absolute atomic E-state index is 0.0486. The summed E-state index contributed by atoms with van der Waals surface area (Å²) in [7, 11) is 0. The molecule has 2 aromatic carbocycles. The minimum Gasteiger partial charge on any atom is -0.326 e. The molecule has 1 unspecified atom stereocenters. The standard InChI is InChI=1S/C19H19FN2O2S/c1-12(18(23)22-17-8-3-2-7-16(17)20)25-15-6-4-5-14(11-15)21-19(24)13-9-10-13/h2-8,11-13H,9-10H2,1H3,(H,21,24)(H,22,23). The zero-order valence-electron chi connectivity index (χ0n) is 13.8. The highest BCUT2D eigenvalue weighted by Gasteiger charge is 2.29. The van der Waals surface area contributed by atoms with Crippen molar-refractivity contribution in [2.75, 3.05) is 10.6 Å². The highest BCUT2D eigenvalue weighted by molar-refractivity contribution is 8.00. The van der Waals surface area contributed by atoms with Crippen LogP contribution in [0, 0.1) is 11.7 Å². The van der Waals surface area contributed by atoms with E-state index in [0.29, 0.717) is 0 Å². The van der Waals surface area contributed by atoms with Crippen LogP contribution in [0.15, 0.2) is 53.4 Å². The number of hydrogen-bond acceptors (Lipinski definition) is 3. The number of benzene rings is 2. The van der Waals surface area contributed by atoms with Gasteiger partial charge in [-0.2, -0.15) is 0 Å². The molecule has 6 heteroatoms. The number of carbonyl (C=O) groups is 2. The van der Waals surface area contributed by atoms with Crippen LogP contribution in [0.5, 0.6) is 0 Å². The highest BCUT2D eigenvalue weighted by Crippen LogP contribution is 2.31. The summed E-state index contributed by atoms with van der Waals surface area (Å²) in [5.41, 5.74) is 0.897. The van der Waals surface area contributed by atoms with Gasteiger partial charge in [-0.3, -0.25) is 9.59 Å². The fraction of sp³-hybridized carbons (Fsp3) is 0.263. The van der Waals surface area contributed by atoms with Gasteiger partial charge >= 0.3 is 0 Å². The molecule has 1 aliphatic carbocycles. The predicted octanol–water partition coefficient (Wildman–Crippen LogP) is 4.29. The van der Waals surface area contributed by atoms with Gasteiger partial charge in [0, 0.05) is 16.5 Å². The zero-order chi connectivity index (χ0) is 17.8. The van der Waals surface area contributed by atoms with E-state index < -0.39 is 11.1 Å². The van der Waals surface area contributed by atoms with Crippen LogP contribution in [0.1, 0.15) is 19.8 Å². The molecule has 0 spiro atoms. The van der Waals surface area contributed by atoms with Gasteiger partial charge in [0.15, 0.2) is 0 Å². The van der Waals surface area contributed by atoms with Gasteiger partial charge in [-0.1, -0.05) is 18.2 Å². The van der Waals surface area contributed by atoms with Crippen molar-refractivity contribution in [1.29, 1.82) is 0 Å². The first-order valence-electron chi connectivity index (χ1n) is 8.16. The van der Waals surface area contributed by atoms with Gasteiger partial charge in [-0.05, 0) is 50.1 Å². The lowest BCUT2D eigenvalue weighted by molar-refractivity contribution is -0.117. The Morgan fingerprint density at radius 3 is 2.60 bits per heavy atom. The lowest BCUT2D eigenvalue weighted by Gasteiger charge is -2.13. The van der Waals surface area contributed by atoms with Crippen LogP contribution in [0.3, 0.4) is 0 Å². The maximum absolute atomic E-state index is 13.6. The third kappa shape index (κ3) is 4.82. The van der Waals surface area contributed by atoms with E-state index in [1.807, 2.05) is 24.3 Å². The number of hydrogen-bond donors (Lipinski definition) is 2. The number of carbonyl (C=O) groups excluding carboxylic acids is 2. The molecule has 0 heterocycles. The molecule has 3 rings (SSSR count). The SMILES string of the molecule is CC(Sc1cccc(NC(=O)C2CC2)c1)C(=O)Nc1ccccc1F. The zero-order valence-corrected chi connectivity index (χ0v) is 14.6. The van der Waals surface area contributed by atoms with Crippen LogP contribution in [-0.2, 0) is 9.59 Å². The fourth-order valence-electron chi connectivity index (χ4n) is 2.29. The topological polar surface area (TPSA) is 58.2 Å². The first-order chi connectivity index (χ1) is 12.0. The highest BCUT2D eigenvalue weighted by atomic mass is 32.2. The molecule has 0 aromatic heterocycles. The molecule has 25 heavy (non-hydrogen) atoms. The largest absolute Gasteiger partial charge is 0.326 e. The molecule has 2 amide bonds. The van der Waals surface area contributed by atoms with Gasteiger partial charge in [0.2, 0.25) is 11.8 Å². The number of thioether (sulfide) groups is 1. The monoisotopic (exact) mass is 358 g/mol. The molecule has 2 N–H and O–H groups in total. The molecular formula is C19H19FN2O2S. The van der Waals surface area contributed by atoms with Crippen LogP contribution < -0.4 is 10.6 Å². The Bertz CT molecular complexity index is 792. The first kappa shape index (κ1) is 17.5. The molecule has 4 nitrogen and oxygen atoms in total. The average Bonchev–Trinajstić information content (AvgIpc) is 3.42. The van der Waals surface area contributed by atoms with Crippen LogP contribution >= 0.6 is 11.8 Å². The predicted molar refractivity (Wildman–Crippen MR) is 98.1 cm³/mol. The van der Waals surface area contributed by atoms with Crippen molar-refractivity contribution in [1.82, 2.24) is 0 Å². The summed E-state index contributed by atoms with van der Waals surface area (Å²) < 4.78 is 13.6. The lowest BCUT2D eigenvalue weighted by atomic mass is 10.3. The summed E-state index contributed by atoms with van der Waals surface area (Å²) in [4.78, 5) is 25.0. The van der Waals surface area contributed by atoms with Gasteiger partial charge in [0.25, 0.3) is 0 Å². The molecule has 0 saturated heterocycles. The maximum Gasteiger partial charge on any atom is 0.237 e. The van der Waals surface area contributed by atoms with E-state index in [-0.39, 0.29) is 23.4 Å². The third-order valence-corrected chi connectivity index (χ3v) is 4.96. The second-order valence-electron chi connectivity index (χ2n) is 6.02. The van der Waals surface area contributed by atoms with Gasteiger partial charge in [0.05, 0.1) is 10.9 Å². The number of para-hydroxylation sites is 1. The molecular weight excluding hydrogens is 339 g/mol. The van der Waals surface area contributed by atoms with E-state index in [0.717, 1.165) is 23.4 Å². The van der Waals surface area contributed by atoms with Crippen molar-refractivity contribution >= 4 is 35.0 Å². The summed E-state index contributed by atoms with van der Waals surface area (Å²) in [5.74, 6) is -0.547. The third-order valence-electron chi connectivity index (χ3n) is 3.86. The number of nitrogens with one attached hydrogen (secondary N) is 2.